The number of hydrogen-bond donors (Lipinski definition) is 1. The lowest BCUT2D eigenvalue weighted by molar-refractivity contribution is 0.682. The predicted octanol–water partition coefficient (Wildman–Crippen LogP) is 4.23. The smallest absolute Gasteiger partial charge is 0.0579 e. The quantitative estimate of drug-likeness (QED) is 0.863. The van der Waals surface area contributed by atoms with Gasteiger partial charge in [-0.05, 0) is 57.0 Å². The van der Waals surface area contributed by atoms with E-state index in [0.717, 1.165) is 0 Å². The van der Waals surface area contributed by atoms with Gasteiger partial charge in [0.1, 0.15) is 0 Å². The van der Waals surface area contributed by atoms with E-state index in [-0.39, 0.29) is 6.04 Å². The van der Waals surface area contributed by atoms with Gasteiger partial charge in [-0.1, -0.05) is 47.5 Å². The Balaban J connectivity index is 2.56. The molecule has 2 aromatic carbocycles. The normalized spacial score (nSPS) is 12.5. The lowest BCUT2D eigenvalue weighted by atomic mass is 9.90. The summed E-state index contributed by atoms with van der Waals surface area (Å²) in [5, 5.41) is 3.47. The Morgan fingerprint density at radius 3 is 1.84 bits per heavy atom. The van der Waals surface area contributed by atoms with E-state index in [1.165, 1.54) is 33.4 Å². The van der Waals surface area contributed by atoms with Crippen molar-refractivity contribution in [1.82, 2.24) is 5.32 Å². The molecule has 0 bridgehead atoms. The van der Waals surface area contributed by atoms with E-state index in [2.05, 4.69) is 69.4 Å². The SMILES string of the molecule is CNC(c1cc(C)cc(C)c1)c1c(C)cccc1C. The highest BCUT2D eigenvalue weighted by Gasteiger charge is 2.16. The van der Waals surface area contributed by atoms with Crippen LogP contribution < -0.4 is 5.32 Å². The van der Waals surface area contributed by atoms with Crippen molar-refractivity contribution in [2.45, 2.75) is 33.7 Å². The molecular formula is C18H23N. The molecule has 1 nitrogen and oxygen atoms in total. The maximum atomic E-state index is 3.47. The first-order valence-corrected chi connectivity index (χ1v) is 6.84. The highest BCUT2D eigenvalue weighted by Crippen LogP contribution is 2.28. The van der Waals surface area contributed by atoms with Crippen LogP contribution in [0.5, 0.6) is 0 Å². The average molecular weight is 253 g/mol. The first-order chi connectivity index (χ1) is 9.02. The zero-order valence-corrected chi connectivity index (χ0v) is 12.5. The predicted molar refractivity (Wildman–Crippen MR) is 82.7 cm³/mol. The Morgan fingerprint density at radius 1 is 0.842 bits per heavy atom. The van der Waals surface area contributed by atoms with Crippen molar-refractivity contribution < 1.29 is 0 Å². The first kappa shape index (κ1) is 13.8. The standard InChI is InChI=1S/C18H23N/c1-12-9-13(2)11-16(10-12)18(19-5)17-14(3)7-6-8-15(17)4/h6-11,18-19H,1-5H3. The van der Waals surface area contributed by atoms with E-state index in [1.54, 1.807) is 0 Å². The minimum absolute atomic E-state index is 0.264. The fourth-order valence-corrected chi connectivity index (χ4v) is 2.94. The van der Waals surface area contributed by atoms with Crippen molar-refractivity contribution in [2.75, 3.05) is 7.05 Å². The molecule has 0 aliphatic carbocycles. The van der Waals surface area contributed by atoms with Crippen molar-refractivity contribution in [2.24, 2.45) is 0 Å². The largest absolute Gasteiger partial charge is 0.309 e. The molecule has 0 aliphatic heterocycles. The van der Waals surface area contributed by atoms with E-state index >= 15 is 0 Å². The van der Waals surface area contributed by atoms with E-state index in [4.69, 9.17) is 0 Å². The summed E-state index contributed by atoms with van der Waals surface area (Å²) in [4.78, 5) is 0. The Hall–Kier alpha value is -1.60. The fraction of sp³-hybridized carbons (Fsp3) is 0.333. The molecule has 1 unspecified atom stereocenters. The number of nitrogens with one attached hydrogen (secondary N) is 1. The molecule has 1 N–H and O–H groups in total. The topological polar surface area (TPSA) is 12.0 Å². The van der Waals surface area contributed by atoms with Crippen LogP contribution in [0.1, 0.15) is 39.4 Å². The molecule has 0 amide bonds. The first-order valence-electron chi connectivity index (χ1n) is 6.84. The molecule has 100 valence electrons. The van der Waals surface area contributed by atoms with Gasteiger partial charge in [0.25, 0.3) is 0 Å². The minimum Gasteiger partial charge on any atom is -0.309 e. The second-order valence-corrected chi connectivity index (χ2v) is 5.45. The van der Waals surface area contributed by atoms with Crippen LogP contribution in [-0.2, 0) is 0 Å². The molecule has 2 aromatic rings. The van der Waals surface area contributed by atoms with Crippen molar-refractivity contribution in [3.05, 3.63) is 69.8 Å². The second kappa shape index (κ2) is 5.58. The van der Waals surface area contributed by atoms with E-state index < -0.39 is 0 Å². The maximum Gasteiger partial charge on any atom is 0.0579 e. The highest BCUT2D eigenvalue weighted by molar-refractivity contribution is 5.43. The summed E-state index contributed by atoms with van der Waals surface area (Å²) in [5.74, 6) is 0. The molecule has 1 heteroatoms. The van der Waals surface area contributed by atoms with Crippen LogP contribution in [0.2, 0.25) is 0 Å². The van der Waals surface area contributed by atoms with Crippen LogP contribution in [0.15, 0.2) is 36.4 Å². The zero-order valence-electron chi connectivity index (χ0n) is 12.5. The van der Waals surface area contributed by atoms with Gasteiger partial charge in [0, 0.05) is 0 Å². The Bertz CT molecular complexity index is 544. The third-order valence-corrected chi connectivity index (χ3v) is 3.70. The van der Waals surface area contributed by atoms with Crippen molar-refractivity contribution in [3.63, 3.8) is 0 Å². The van der Waals surface area contributed by atoms with Crippen molar-refractivity contribution in [3.8, 4) is 0 Å². The molecule has 19 heavy (non-hydrogen) atoms. The van der Waals surface area contributed by atoms with Gasteiger partial charge >= 0.3 is 0 Å². The van der Waals surface area contributed by atoms with Gasteiger partial charge in [0.05, 0.1) is 6.04 Å². The number of hydrogen-bond acceptors (Lipinski definition) is 1. The van der Waals surface area contributed by atoms with E-state index in [9.17, 15) is 0 Å². The molecule has 2 rings (SSSR count). The molecular weight excluding hydrogens is 230 g/mol. The Labute approximate surface area is 116 Å². The molecule has 0 saturated carbocycles. The summed E-state index contributed by atoms with van der Waals surface area (Å²) in [6.07, 6.45) is 0. The lowest BCUT2D eigenvalue weighted by Gasteiger charge is -2.22. The monoisotopic (exact) mass is 253 g/mol. The molecule has 1 atom stereocenters. The summed E-state index contributed by atoms with van der Waals surface area (Å²) in [5.41, 5.74) is 8.08. The van der Waals surface area contributed by atoms with Gasteiger partial charge in [-0.2, -0.15) is 0 Å². The molecule has 0 radical (unpaired) electrons. The van der Waals surface area contributed by atoms with Crippen LogP contribution in [0.3, 0.4) is 0 Å². The maximum absolute atomic E-state index is 3.47. The summed E-state index contributed by atoms with van der Waals surface area (Å²) >= 11 is 0. The second-order valence-electron chi connectivity index (χ2n) is 5.45. The zero-order chi connectivity index (χ0) is 14.0. The Morgan fingerprint density at radius 2 is 1.37 bits per heavy atom. The third-order valence-electron chi connectivity index (χ3n) is 3.70. The van der Waals surface area contributed by atoms with Gasteiger partial charge in [0.15, 0.2) is 0 Å². The number of benzene rings is 2. The molecule has 0 aromatic heterocycles. The Kier molecular flexibility index (Phi) is 4.06. The summed E-state index contributed by atoms with van der Waals surface area (Å²) < 4.78 is 0. The molecule has 0 aliphatic rings. The van der Waals surface area contributed by atoms with Gasteiger partial charge in [-0.3, -0.25) is 0 Å². The van der Waals surface area contributed by atoms with Crippen molar-refractivity contribution >= 4 is 0 Å². The summed E-state index contributed by atoms with van der Waals surface area (Å²) in [6, 6.07) is 13.5. The van der Waals surface area contributed by atoms with E-state index in [0.29, 0.717) is 0 Å². The average Bonchev–Trinajstić information content (AvgIpc) is 2.32. The number of aryl methyl sites for hydroxylation is 4. The molecule has 0 heterocycles. The van der Waals surface area contributed by atoms with Crippen LogP contribution in [0.25, 0.3) is 0 Å². The molecule has 0 spiro atoms. The fourth-order valence-electron chi connectivity index (χ4n) is 2.94. The van der Waals surface area contributed by atoms with E-state index in [1.807, 2.05) is 7.05 Å². The van der Waals surface area contributed by atoms with Gasteiger partial charge in [-0.15, -0.1) is 0 Å². The van der Waals surface area contributed by atoms with Crippen LogP contribution in [0.4, 0.5) is 0 Å². The van der Waals surface area contributed by atoms with Crippen LogP contribution in [0, 0.1) is 27.7 Å². The summed E-state index contributed by atoms with van der Waals surface area (Å²) in [6.45, 7) is 8.70. The van der Waals surface area contributed by atoms with Crippen LogP contribution >= 0.6 is 0 Å². The highest BCUT2D eigenvalue weighted by atomic mass is 14.9. The molecule has 0 saturated heterocycles. The van der Waals surface area contributed by atoms with Crippen LogP contribution in [-0.4, -0.2) is 7.05 Å². The van der Waals surface area contributed by atoms with Gasteiger partial charge < -0.3 is 5.32 Å². The van der Waals surface area contributed by atoms with Gasteiger partial charge in [0.2, 0.25) is 0 Å². The third kappa shape index (κ3) is 2.87. The van der Waals surface area contributed by atoms with Gasteiger partial charge in [-0.25, -0.2) is 0 Å². The molecule has 0 fully saturated rings. The minimum atomic E-state index is 0.264. The van der Waals surface area contributed by atoms with Crippen molar-refractivity contribution in [1.29, 1.82) is 0 Å². The summed E-state index contributed by atoms with van der Waals surface area (Å²) in [7, 11) is 2.04. The number of rotatable bonds is 3. The lowest BCUT2D eigenvalue weighted by Crippen LogP contribution is -2.20.